The number of carbonyl (C=O) groups is 1. The number of halogens is 1. The summed E-state index contributed by atoms with van der Waals surface area (Å²) in [5.41, 5.74) is 1.58. The molecule has 0 fully saturated rings. The predicted octanol–water partition coefficient (Wildman–Crippen LogP) is 2.58. The van der Waals surface area contributed by atoms with E-state index in [1.807, 2.05) is 0 Å². The molecule has 0 radical (unpaired) electrons. The van der Waals surface area contributed by atoms with Gasteiger partial charge in [0.15, 0.2) is 14.9 Å². The van der Waals surface area contributed by atoms with Gasteiger partial charge in [-0.15, -0.1) is 0 Å². The number of amides is 1. The number of sulfone groups is 1. The van der Waals surface area contributed by atoms with Crippen LogP contribution in [0.1, 0.15) is 35.3 Å². The van der Waals surface area contributed by atoms with E-state index in [2.05, 4.69) is 20.4 Å². The Bertz CT molecular complexity index is 1700. The first kappa shape index (κ1) is 26.2. The van der Waals surface area contributed by atoms with Gasteiger partial charge in [0, 0.05) is 23.9 Å². The fourth-order valence-corrected chi connectivity index (χ4v) is 4.66. The van der Waals surface area contributed by atoms with Crippen LogP contribution >= 0.6 is 0 Å². The highest BCUT2D eigenvalue weighted by atomic mass is 32.2. The maximum absolute atomic E-state index is 13.3. The Morgan fingerprint density at radius 1 is 1.08 bits per heavy atom. The second-order valence-corrected chi connectivity index (χ2v) is 11.8. The summed E-state index contributed by atoms with van der Waals surface area (Å²) in [6, 6.07) is 7.46. The van der Waals surface area contributed by atoms with E-state index in [1.54, 1.807) is 19.1 Å². The minimum absolute atomic E-state index is 0.203. The molecule has 0 aliphatic carbocycles. The second kappa shape index (κ2) is 9.86. The molecule has 0 aliphatic rings. The van der Waals surface area contributed by atoms with E-state index in [1.165, 1.54) is 47.5 Å². The zero-order valence-corrected chi connectivity index (χ0v) is 21.5. The summed E-state index contributed by atoms with van der Waals surface area (Å²) in [4.78, 5) is 21.2. The molecule has 1 amide bonds. The van der Waals surface area contributed by atoms with E-state index in [0.29, 0.717) is 23.0 Å². The topological polar surface area (TPSA) is 150 Å². The van der Waals surface area contributed by atoms with Gasteiger partial charge < -0.3 is 9.50 Å². The van der Waals surface area contributed by atoms with Crippen LogP contribution in [0.4, 0.5) is 4.39 Å². The molecule has 37 heavy (non-hydrogen) atoms. The van der Waals surface area contributed by atoms with Crippen molar-refractivity contribution < 1.29 is 30.2 Å². The molecule has 11 nitrogen and oxygen atoms in total. The van der Waals surface area contributed by atoms with Crippen molar-refractivity contribution in [2.24, 2.45) is 0 Å². The van der Waals surface area contributed by atoms with Crippen LogP contribution in [0.5, 0.6) is 5.88 Å². The maximum atomic E-state index is 13.3. The highest BCUT2D eigenvalue weighted by Crippen LogP contribution is 2.26. The normalized spacial score (nSPS) is 12.9. The van der Waals surface area contributed by atoms with E-state index in [-0.39, 0.29) is 11.1 Å². The van der Waals surface area contributed by atoms with Crippen molar-refractivity contribution in [3.05, 3.63) is 71.9 Å². The van der Waals surface area contributed by atoms with Crippen molar-refractivity contribution in [1.29, 1.82) is 0 Å². The second-order valence-electron chi connectivity index (χ2n) is 8.22. The first-order chi connectivity index (χ1) is 17.4. The minimum atomic E-state index is -3.98. The van der Waals surface area contributed by atoms with Crippen LogP contribution in [0.15, 0.2) is 60.0 Å². The van der Waals surface area contributed by atoms with Crippen molar-refractivity contribution >= 4 is 36.8 Å². The van der Waals surface area contributed by atoms with Gasteiger partial charge in [0.25, 0.3) is 5.91 Å². The van der Waals surface area contributed by atoms with Gasteiger partial charge in [-0.3, -0.25) is 9.78 Å². The van der Waals surface area contributed by atoms with Crippen molar-refractivity contribution in [3.8, 4) is 11.6 Å². The highest BCUT2D eigenvalue weighted by Gasteiger charge is 2.22. The Balaban J connectivity index is 1.70. The molecule has 1 aromatic carbocycles. The zero-order chi connectivity index (χ0) is 27.0. The summed E-state index contributed by atoms with van der Waals surface area (Å²) in [6.45, 7) is 1.76. The summed E-state index contributed by atoms with van der Waals surface area (Å²) in [6.07, 6.45) is 6.44. The van der Waals surface area contributed by atoms with Crippen LogP contribution in [0.2, 0.25) is 0 Å². The average molecular weight is 548 g/mol. The molecule has 0 saturated heterocycles. The third-order valence-electron chi connectivity index (χ3n) is 5.35. The number of nitrogens with one attached hydrogen (secondary N) is 1. The van der Waals surface area contributed by atoms with E-state index < -0.39 is 48.6 Å². The number of carbonyl (C=O) groups excluding carboxylic acids is 1. The van der Waals surface area contributed by atoms with Crippen LogP contribution in [0, 0.1) is 5.82 Å². The smallest absolute Gasteiger partial charge is 0.307 e. The van der Waals surface area contributed by atoms with Crippen molar-refractivity contribution in [2.75, 3.05) is 12.5 Å². The van der Waals surface area contributed by atoms with Crippen LogP contribution in [-0.4, -0.2) is 55.0 Å². The number of aromatic nitrogens is 4. The van der Waals surface area contributed by atoms with Gasteiger partial charge in [-0.2, -0.15) is 13.5 Å². The van der Waals surface area contributed by atoms with E-state index >= 15 is 0 Å². The number of hydrogen-bond acceptors (Lipinski definition) is 9. The van der Waals surface area contributed by atoms with Gasteiger partial charge in [-0.1, -0.05) is 6.92 Å². The molecule has 4 rings (SSSR count). The fraction of sp³-hybridized carbons (Fsp3) is 0.217. The van der Waals surface area contributed by atoms with Crippen molar-refractivity contribution in [1.82, 2.24) is 25.1 Å². The Labute approximate surface area is 212 Å². The molecule has 0 spiro atoms. The summed E-state index contributed by atoms with van der Waals surface area (Å²) in [7, 11) is -7.81. The number of benzene rings is 1. The molecule has 3 aromatic heterocycles. The summed E-state index contributed by atoms with van der Waals surface area (Å²) in [5, 5.41) is 7.21. The first-order valence-electron chi connectivity index (χ1n) is 10.9. The molecule has 194 valence electrons. The number of nitrogens with zero attached hydrogens (tertiary/aromatic N) is 4. The molecule has 3 heterocycles. The Morgan fingerprint density at radius 3 is 2.41 bits per heavy atom. The minimum Gasteiger partial charge on any atom is -0.362 e. The van der Waals surface area contributed by atoms with E-state index in [9.17, 15) is 26.0 Å². The molecule has 4 aromatic rings. The SMILES string of the molecule is CC[C@H](NC(=O)c1cncc2c1cnn2-c1ccc(F)cc1)c1cc(OS(C)(=O)=O)nc(S(C)(=O)=O)c1. The number of rotatable bonds is 8. The standard InChI is InChI=1S/C23H22FN5O6S2/c1-4-19(14-9-21(35-37(3,33)34)28-22(10-14)36(2,31)32)27-23(30)18-11-25-13-20-17(18)12-26-29(20)16-7-5-15(24)6-8-16/h5-13,19H,4H2,1-3H3,(H,27,30)/t19-/m0/s1. The summed E-state index contributed by atoms with van der Waals surface area (Å²) >= 11 is 0. The molecule has 0 bridgehead atoms. The maximum Gasteiger partial charge on any atom is 0.307 e. The molecule has 1 atom stereocenters. The van der Waals surface area contributed by atoms with E-state index in [4.69, 9.17) is 4.18 Å². The quantitative estimate of drug-likeness (QED) is 0.328. The van der Waals surface area contributed by atoms with Crippen LogP contribution < -0.4 is 9.50 Å². The summed E-state index contributed by atoms with van der Waals surface area (Å²) < 4.78 is 67.2. The molecule has 1 N–H and O–H groups in total. The fourth-order valence-electron chi connectivity index (χ4n) is 3.66. The van der Waals surface area contributed by atoms with Gasteiger partial charge in [0.1, 0.15) is 5.82 Å². The Morgan fingerprint density at radius 2 is 1.78 bits per heavy atom. The lowest BCUT2D eigenvalue weighted by atomic mass is 10.0. The number of fused-ring (bicyclic) bond motifs is 1. The van der Waals surface area contributed by atoms with Crippen molar-refractivity contribution in [2.45, 2.75) is 24.4 Å². The van der Waals surface area contributed by atoms with E-state index in [0.717, 1.165) is 12.5 Å². The molecule has 0 unspecified atom stereocenters. The predicted molar refractivity (Wildman–Crippen MR) is 132 cm³/mol. The Hall–Kier alpha value is -3.91. The largest absolute Gasteiger partial charge is 0.362 e. The third-order valence-corrected chi connectivity index (χ3v) is 6.79. The van der Waals surface area contributed by atoms with Gasteiger partial charge in [-0.25, -0.2) is 22.5 Å². The highest BCUT2D eigenvalue weighted by molar-refractivity contribution is 7.90. The molecular formula is C23H22FN5O6S2. The summed E-state index contributed by atoms with van der Waals surface area (Å²) in [5.74, 6) is -1.35. The third kappa shape index (κ3) is 5.91. The molecular weight excluding hydrogens is 525 g/mol. The van der Waals surface area contributed by atoms with Gasteiger partial charge in [0.2, 0.25) is 5.88 Å². The van der Waals surface area contributed by atoms with Gasteiger partial charge in [0.05, 0.1) is 41.5 Å². The number of hydrogen-bond donors (Lipinski definition) is 1. The van der Waals surface area contributed by atoms with Crippen LogP contribution in [0.3, 0.4) is 0 Å². The van der Waals surface area contributed by atoms with Crippen molar-refractivity contribution in [3.63, 3.8) is 0 Å². The molecule has 0 saturated carbocycles. The van der Waals surface area contributed by atoms with Crippen LogP contribution in [-0.2, 0) is 20.0 Å². The zero-order valence-electron chi connectivity index (χ0n) is 19.9. The molecule has 14 heteroatoms. The van der Waals surface area contributed by atoms with Gasteiger partial charge >= 0.3 is 10.1 Å². The lowest BCUT2D eigenvalue weighted by Gasteiger charge is -2.19. The monoisotopic (exact) mass is 547 g/mol. The number of pyridine rings is 2. The Kier molecular flexibility index (Phi) is 6.97. The first-order valence-corrected chi connectivity index (χ1v) is 14.6. The lowest BCUT2D eigenvalue weighted by Crippen LogP contribution is -2.28. The molecule has 0 aliphatic heterocycles. The average Bonchev–Trinajstić information content (AvgIpc) is 3.25. The lowest BCUT2D eigenvalue weighted by molar-refractivity contribution is 0.0936. The van der Waals surface area contributed by atoms with Crippen LogP contribution in [0.25, 0.3) is 16.6 Å². The van der Waals surface area contributed by atoms with Gasteiger partial charge in [-0.05, 0) is 42.3 Å².